The lowest BCUT2D eigenvalue weighted by Crippen LogP contribution is -2.47. The second-order valence-electron chi connectivity index (χ2n) is 9.17. The Kier molecular flexibility index (Phi) is 7.16. The molecule has 166 valence electrons. The average Bonchev–Trinajstić information content (AvgIpc) is 3.20. The molecule has 2 N–H and O–H groups in total. The predicted molar refractivity (Wildman–Crippen MR) is 121 cm³/mol. The molecule has 1 aliphatic carbocycles. The van der Waals surface area contributed by atoms with Crippen LogP contribution in [-0.2, 0) is 4.74 Å². The summed E-state index contributed by atoms with van der Waals surface area (Å²) < 4.78 is 12.0. The van der Waals surface area contributed by atoms with E-state index < -0.39 is 0 Å². The van der Waals surface area contributed by atoms with E-state index >= 15 is 0 Å². The summed E-state index contributed by atoms with van der Waals surface area (Å²) in [5, 5.41) is 7.21. The molecule has 6 nitrogen and oxygen atoms in total. The van der Waals surface area contributed by atoms with Gasteiger partial charge in [-0.05, 0) is 44.6 Å². The van der Waals surface area contributed by atoms with Gasteiger partial charge in [0.1, 0.15) is 11.4 Å². The van der Waals surface area contributed by atoms with Crippen LogP contribution >= 0.6 is 0 Å². The highest BCUT2D eigenvalue weighted by Gasteiger charge is 2.43. The van der Waals surface area contributed by atoms with E-state index in [0.717, 1.165) is 76.9 Å². The first-order valence-electron chi connectivity index (χ1n) is 11.8. The van der Waals surface area contributed by atoms with Crippen LogP contribution in [0.1, 0.15) is 57.6 Å². The molecule has 1 aromatic rings. The minimum atomic E-state index is -0.00697. The molecule has 0 aromatic heterocycles. The highest BCUT2D eigenvalue weighted by Crippen LogP contribution is 2.46. The Labute approximate surface area is 181 Å². The molecule has 2 unspecified atom stereocenters. The normalized spacial score (nSPS) is 24.9. The van der Waals surface area contributed by atoms with E-state index in [2.05, 4.69) is 53.6 Å². The van der Waals surface area contributed by atoms with Gasteiger partial charge < -0.3 is 20.1 Å². The Balaban J connectivity index is 1.43. The number of morpholine rings is 1. The molecule has 1 aromatic carbocycles. The summed E-state index contributed by atoms with van der Waals surface area (Å²) in [7, 11) is 0. The van der Waals surface area contributed by atoms with Crippen molar-refractivity contribution < 1.29 is 9.47 Å². The van der Waals surface area contributed by atoms with Crippen LogP contribution in [-0.4, -0.2) is 62.4 Å². The van der Waals surface area contributed by atoms with Crippen molar-refractivity contribution in [3.63, 3.8) is 0 Å². The lowest BCUT2D eigenvalue weighted by atomic mass is 9.86. The van der Waals surface area contributed by atoms with Gasteiger partial charge in [0.15, 0.2) is 5.96 Å². The Bertz CT molecular complexity index is 711. The maximum atomic E-state index is 6.52. The van der Waals surface area contributed by atoms with Gasteiger partial charge in [-0.1, -0.05) is 25.1 Å². The largest absolute Gasteiger partial charge is 0.487 e. The zero-order chi connectivity index (χ0) is 20.8. The molecule has 1 saturated carbocycles. The molecule has 4 rings (SSSR count). The van der Waals surface area contributed by atoms with E-state index in [1.807, 2.05) is 0 Å². The molecule has 0 bridgehead atoms. The molecule has 1 spiro atoms. The van der Waals surface area contributed by atoms with Crippen LogP contribution < -0.4 is 15.4 Å². The van der Waals surface area contributed by atoms with Crippen molar-refractivity contribution >= 4 is 5.96 Å². The third-order valence-electron chi connectivity index (χ3n) is 6.60. The van der Waals surface area contributed by atoms with Crippen molar-refractivity contribution in [2.24, 2.45) is 10.9 Å². The zero-order valence-electron chi connectivity index (χ0n) is 18.7. The smallest absolute Gasteiger partial charge is 0.191 e. The molecule has 2 heterocycles. The van der Waals surface area contributed by atoms with Crippen molar-refractivity contribution in [1.29, 1.82) is 0 Å². The van der Waals surface area contributed by atoms with Gasteiger partial charge in [0.25, 0.3) is 0 Å². The van der Waals surface area contributed by atoms with Crippen LogP contribution in [0.15, 0.2) is 29.3 Å². The Morgan fingerprint density at radius 3 is 2.77 bits per heavy atom. The van der Waals surface area contributed by atoms with E-state index in [-0.39, 0.29) is 11.6 Å². The van der Waals surface area contributed by atoms with Gasteiger partial charge in [0, 0.05) is 44.7 Å². The van der Waals surface area contributed by atoms with Crippen LogP contribution in [0.2, 0.25) is 0 Å². The molecular formula is C24H38N4O2. The summed E-state index contributed by atoms with van der Waals surface area (Å²) in [5.74, 6) is 2.47. The number of para-hydroxylation sites is 1. The number of hydrogen-bond acceptors (Lipinski definition) is 4. The molecule has 30 heavy (non-hydrogen) atoms. The van der Waals surface area contributed by atoms with Crippen molar-refractivity contribution in [3.8, 4) is 5.75 Å². The second-order valence-corrected chi connectivity index (χ2v) is 9.17. The van der Waals surface area contributed by atoms with E-state index in [4.69, 9.17) is 14.5 Å². The average molecular weight is 415 g/mol. The summed E-state index contributed by atoms with van der Waals surface area (Å²) in [6.45, 7) is 11.0. The van der Waals surface area contributed by atoms with Crippen LogP contribution in [0.5, 0.6) is 5.75 Å². The number of nitrogens with zero attached hydrogens (tertiary/aromatic N) is 2. The fourth-order valence-electron chi connectivity index (χ4n) is 5.09. The number of guanidine groups is 1. The maximum absolute atomic E-state index is 6.52. The van der Waals surface area contributed by atoms with Crippen LogP contribution in [0.25, 0.3) is 0 Å². The SMILES string of the molecule is CCNC(=NCC(C)CN1CCOCC1)NC1CC2(CCCC2)Oc2ccccc21. The van der Waals surface area contributed by atoms with Gasteiger partial charge in [0.05, 0.1) is 19.3 Å². The molecule has 0 radical (unpaired) electrons. The number of benzene rings is 1. The monoisotopic (exact) mass is 414 g/mol. The quantitative estimate of drug-likeness (QED) is 0.552. The first-order chi connectivity index (χ1) is 14.7. The van der Waals surface area contributed by atoms with Crippen molar-refractivity contribution in [3.05, 3.63) is 29.8 Å². The summed E-state index contributed by atoms with van der Waals surface area (Å²) in [5.41, 5.74) is 1.24. The van der Waals surface area contributed by atoms with Gasteiger partial charge in [-0.2, -0.15) is 0 Å². The van der Waals surface area contributed by atoms with Gasteiger partial charge in [0.2, 0.25) is 0 Å². The van der Waals surface area contributed by atoms with E-state index in [1.54, 1.807) is 0 Å². The number of nitrogens with one attached hydrogen (secondary N) is 2. The minimum Gasteiger partial charge on any atom is -0.487 e. The lowest BCUT2D eigenvalue weighted by Gasteiger charge is -2.40. The third-order valence-corrected chi connectivity index (χ3v) is 6.60. The van der Waals surface area contributed by atoms with Gasteiger partial charge >= 0.3 is 0 Å². The van der Waals surface area contributed by atoms with Crippen molar-refractivity contribution in [2.45, 2.75) is 57.6 Å². The minimum absolute atomic E-state index is 0.00697. The predicted octanol–water partition coefficient (Wildman–Crippen LogP) is 3.35. The Morgan fingerprint density at radius 1 is 1.23 bits per heavy atom. The summed E-state index contributed by atoms with van der Waals surface area (Å²) in [6.07, 6.45) is 5.86. The van der Waals surface area contributed by atoms with E-state index in [9.17, 15) is 0 Å². The van der Waals surface area contributed by atoms with Gasteiger partial charge in [-0.25, -0.2) is 0 Å². The number of fused-ring (bicyclic) bond motifs is 1. The molecular weight excluding hydrogens is 376 g/mol. The Morgan fingerprint density at radius 2 is 2.00 bits per heavy atom. The van der Waals surface area contributed by atoms with Gasteiger partial charge in [-0.15, -0.1) is 0 Å². The number of hydrogen-bond donors (Lipinski definition) is 2. The summed E-state index contributed by atoms with van der Waals surface area (Å²) in [4.78, 5) is 7.45. The second kappa shape index (κ2) is 10.0. The molecule has 0 amide bonds. The fraction of sp³-hybridized carbons (Fsp3) is 0.708. The molecule has 6 heteroatoms. The number of rotatable bonds is 6. The standard InChI is InChI=1S/C24H38N4O2/c1-3-25-23(26-17-19(2)18-28-12-14-29-15-13-28)27-21-16-24(10-6-7-11-24)30-22-9-5-4-8-20(21)22/h4-5,8-9,19,21H,3,6-7,10-18H2,1-2H3,(H2,25,26,27). The molecule has 3 aliphatic rings. The molecule has 2 fully saturated rings. The Hall–Kier alpha value is -1.79. The van der Waals surface area contributed by atoms with Crippen LogP contribution in [0, 0.1) is 5.92 Å². The number of aliphatic imine (C=N–C) groups is 1. The molecule has 2 atom stereocenters. The summed E-state index contributed by atoms with van der Waals surface area (Å²) in [6, 6.07) is 8.74. The van der Waals surface area contributed by atoms with Crippen molar-refractivity contribution in [2.75, 3.05) is 45.9 Å². The maximum Gasteiger partial charge on any atom is 0.191 e. The van der Waals surface area contributed by atoms with Crippen molar-refractivity contribution in [1.82, 2.24) is 15.5 Å². The van der Waals surface area contributed by atoms with Crippen LogP contribution in [0.3, 0.4) is 0 Å². The molecule has 1 saturated heterocycles. The first kappa shape index (κ1) is 21.4. The topological polar surface area (TPSA) is 58.1 Å². The highest BCUT2D eigenvalue weighted by atomic mass is 16.5. The molecule has 2 aliphatic heterocycles. The third kappa shape index (κ3) is 5.27. The zero-order valence-corrected chi connectivity index (χ0v) is 18.7. The fourth-order valence-corrected chi connectivity index (χ4v) is 5.09. The number of ether oxygens (including phenoxy) is 2. The highest BCUT2D eigenvalue weighted by molar-refractivity contribution is 5.80. The first-order valence-corrected chi connectivity index (χ1v) is 11.8. The van der Waals surface area contributed by atoms with E-state index in [0.29, 0.717) is 5.92 Å². The van der Waals surface area contributed by atoms with E-state index in [1.165, 1.54) is 18.4 Å². The lowest BCUT2D eigenvalue weighted by molar-refractivity contribution is 0.0323. The van der Waals surface area contributed by atoms with Gasteiger partial charge in [-0.3, -0.25) is 9.89 Å². The van der Waals surface area contributed by atoms with Crippen LogP contribution in [0.4, 0.5) is 0 Å². The summed E-state index contributed by atoms with van der Waals surface area (Å²) >= 11 is 0.